The highest BCUT2D eigenvalue weighted by Gasteiger charge is 2.29. The maximum Gasteiger partial charge on any atom is 0.223 e. The van der Waals surface area contributed by atoms with Crippen LogP contribution in [0, 0.1) is 5.82 Å². The van der Waals surface area contributed by atoms with Crippen LogP contribution < -0.4 is 0 Å². The first-order chi connectivity index (χ1) is 12.0. The first-order valence-electron chi connectivity index (χ1n) is 9.15. The third-order valence-electron chi connectivity index (χ3n) is 5.08. The molecule has 1 N–H and O–H groups in total. The third-order valence-corrected chi connectivity index (χ3v) is 5.08. The molecule has 1 aliphatic heterocycles. The monoisotopic (exact) mass is 346 g/mol. The topological polar surface area (TPSA) is 52.2 Å². The minimum absolute atomic E-state index is 0.175. The highest BCUT2D eigenvalue weighted by Crippen LogP contribution is 2.18. The van der Waals surface area contributed by atoms with Gasteiger partial charge in [-0.3, -0.25) is 9.69 Å². The van der Waals surface area contributed by atoms with E-state index < -0.39 is 0 Å². The van der Waals surface area contributed by atoms with E-state index in [0.29, 0.717) is 30.4 Å². The molecular formula is C19H27FN4O. The van der Waals surface area contributed by atoms with Crippen molar-refractivity contribution in [1.29, 1.82) is 0 Å². The number of piperazine rings is 1. The number of imidazole rings is 1. The Morgan fingerprint density at radius 2 is 2.20 bits per heavy atom. The molecule has 1 aromatic carbocycles. The molecule has 0 bridgehead atoms. The summed E-state index contributed by atoms with van der Waals surface area (Å²) in [5.41, 5.74) is 1.42. The van der Waals surface area contributed by atoms with Gasteiger partial charge in [0.1, 0.15) is 11.6 Å². The van der Waals surface area contributed by atoms with Crippen LogP contribution in [-0.4, -0.2) is 57.4 Å². The van der Waals surface area contributed by atoms with Crippen molar-refractivity contribution in [3.8, 4) is 0 Å². The van der Waals surface area contributed by atoms with Crippen molar-refractivity contribution >= 4 is 16.9 Å². The second-order valence-electron chi connectivity index (χ2n) is 7.08. The number of hydrogen-bond donors (Lipinski definition) is 1. The highest BCUT2D eigenvalue weighted by atomic mass is 19.1. The third kappa shape index (κ3) is 4.00. The van der Waals surface area contributed by atoms with E-state index in [-0.39, 0.29) is 11.7 Å². The van der Waals surface area contributed by atoms with Crippen LogP contribution in [0.4, 0.5) is 4.39 Å². The van der Waals surface area contributed by atoms with Crippen LogP contribution in [0.15, 0.2) is 18.2 Å². The normalized spacial score (nSPS) is 19.1. The number of aromatic amines is 1. The Labute approximate surface area is 148 Å². The first kappa shape index (κ1) is 17.9. The van der Waals surface area contributed by atoms with E-state index >= 15 is 0 Å². The van der Waals surface area contributed by atoms with Crippen molar-refractivity contribution in [3.05, 3.63) is 29.8 Å². The number of fused-ring (bicyclic) bond motifs is 1. The van der Waals surface area contributed by atoms with Gasteiger partial charge >= 0.3 is 0 Å². The lowest BCUT2D eigenvalue weighted by molar-refractivity contribution is -0.134. The standard InChI is InChI=1S/C19H27FN4O/c1-4-15-12-23(9-10-24(15)13(2)3)19(25)8-7-18-21-16-6-5-14(20)11-17(16)22-18/h5-6,11,13,15H,4,7-10,12H2,1-3H3,(H,21,22)/t15-/m0/s1. The zero-order valence-electron chi connectivity index (χ0n) is 15.3. The van der Waals surface area contributed by atoms with E-state index in [1.807, 2.05) is 4.90 Å². The smallest absolute Gasteiger partial charge is 0.223 e. The molecule has 3 rings (SSSR count). The molecule has 6 heteroatoms. The molecule has 1 aliphatic rings. The molecular weight excluding hydrogens is 319 g/mol. The van der Waals surface area contributed by atoms with Gasteiger partial charge in [0.25, 0.3) is 0 Å². The van der Waals surface area contributed by atoms with Crippen LogP contribution in [0.25, 0.3) is 11.0 Å². The summed E-state index contributed by atoms with van der Waals surface area (Å²) >= 11 is 0. The van der Waals surface area contributed by atoms with Gasteiger partial charge in [-0.2, -0.15) is 0 Å². The van der Waals surface area contributed by atoms with E-state index in [0.717, 1.165) is 37.4 Å². The lowest BCUT2D eigenvalue weighted by Gasteiger charge is -2.43. The fourth-order valence-electron chi connectivity index (χ4n) is 3.68. The Kier molecular flexibility index (Phi) is 5.37. The van der Waals surface area contributed by atoms with E-state index in [1.165, 1.54) is 12.1 Å². The zero-order chi connectivity index (χ0) is 18.0. The van der Waals surface area contributed by atoms with Crippen molar-refractivity contribution in [1.82, 2.24) is 19.8 Å². The molecule has 0 radical (unpaired) electrons. The minimum Gasteiger partial charge on any atom is -0.342 e. The molecule has 25 heavy (non-hydrogen) atoms. The fraction of sp³-hybridized carbons (Fsp3) is 0.579. The molecule has 5 nitrogen and oxygen atoms in total. The van der Waals surface area contributed by atoms with Gasteiger partial charge in [-0.25, -0.2) is 9.37 Å². The Balaban J connectivity index is 1.58. The molecule has 1 saturated heterocycles. The summed E-state index contributed by atoms with van der Waals surface area (Å²) in [5, 5.41) is 0. The van der Waals surface area contributed by atoms with E-state index in [9.17, 15) is 9.18 Å². The number of amides is 1. The van der Waals surface area contributed by atoms with Crippen molar-refractivity contribution in [3.63, 3.8) is 0 Å². The van der Waals surface area contributed by atoms with Gasteiger partial charge in [0.05, 0.1) is 11.0 Å². The number of hydrogen-bond acceptors (Lipinski definition) is 3. The number of aryl methyl sites for hydroxylation is 1. The number of benzene rings is 1. The first-order valence-corrected chi connectivity index (χ1v) is 9.15. The van der Waals surface area contributed by atoms with Gasteiger partial charge in [0, 0.05) is 44.6 Å². The maximum atomic E-state index is 13.2. The molecule has 1 atom stereocenters. The number of rotatable bonds is 5. The molecule has 136 valence electrons. The van der Waals surface area contributed by atoms with Gasteiger partial charge in [-0.1, -0.05) is 6.92 Å². The molecule has 1 fully saturated rings. The average molecular weight is 346 g/mol. The summed E-state index contributed by atoms with van der Waals surface area (Å²) in [6.07, 6.45) is 2.04. The summed E-state index contributed by atoms with van der Waals surface area (Å²) in [6, 6.07) is 5.44. The van der Waals surface area contributed by atoms with Crippen molar-refractivity contribution in [2.24, 2.45) is 0 Å². The quantitative estimate of drug-likeness (QED) is 0.906. The van der Waals surface area contributed by atoms with Crippen molar-refractivity contribution in [2.75, 3.05) is 19.6 Å². The molecule has 0 unspecified atom stereocenters. The van der Waals surface area contributed by atoms with Crippen LogP contribution >= 0.6 is 0 Å². The number of H-pyrrole nitrogens is 1. The van der Waals surface area contributed by atoms with Crippen LogP contribution in [0.5, 0.6) is 0 Å². The minimum atomic E-state index is -0.285. The Morgan fingerprint density at radius 3 is 2.92 bits per heavy atom. The lowest BCUT2D eigenvalue weighted by Crippen LogP contribution is -2.56. The van der Waals surface area contributed by atoms with Gasteiger partial charge in [0.15, 0.2) is 0 Å². The number of carbonyl (C=O) groups excluding carboxylic acids is 1. The van der Waals surface area contributed by atoms with Gasteiger partial charge in [0.2, 0.25) is 5.91 Å². The summed E-state index contributed by atoms with van der Waals surface area (Å²) in [4.78, 5) is 24.6. The summed E-state index contributed by atoms with van der Waals surface area (Å²) < 4.78 is 13.2. The fourth-order valence-corrected chi connectivity index (χ4v) is 3.68. The second-order valence-corrected chi connectivity index (χ2v) is 7.08. The predicted octanol–water partition coefficient (Wildman–Crippen LogP) is 2.97. The Bertz CT molecular complexity index is 742. The average Bonchev–Trinajstić information content (AvgIpc) is 3.00. The van der Waals surface area contributed by atoms with Crippen LogP contribution in [0.3, 0.4) is 0 Å². The van der Waals surface area contributed by atoms with Crippen LogP contribution in [0.1, 0.15) is 39.4 Å². The number of carbonyl (C=O) groups is 1. The molecule has 0 saturated carbocycles. The number of nitrogens with one attached hydrogen (secondary N) is 1. The van der Waals surface area contributed by atoms with Gasteiger partial charge in [-0.15, -0.1) is 0 Å². The van der Waals surface area contributed by atoms with Gasteiger partial charge < -0.3 is 9.88 Å². The predicted molar refractivity (Wildman–Crippen MR) is 96.9 cm³/mol. The summed E-state index contributed by atoms with van der Waals surface area (Å²) in [6.45, 7) is 9.14. The maximum absolute atomic E-state index is 13.2. The molecule has 1 aromatic heterocycles. The SMILES string of the molecule is CC[C@H]1CN(C(=O)CCc2nc3ccc(F)cc3[nH]2)CCN1C(C)C. The Hall–Kier alpha value is -1.95. The number of nitrogens with zero attached hydrogens (tertiary/aromatic N) is 3. The molecule has 0 spiro atoms. The lowest BCUT2D eigenvalue weighted by atomic mass is 10.1. The van der Waals surface area contributed by atoms with E-state index in [2.05, 4.69) is 35.6 Å². The zero-order valence-corrected chi connectivity index (χ0v) is 15.3. The van der Waals surface area contributed by atoms with Crippen LogP contribution in [0.2, 0.25) is 0 Å². The summed E-state index contributed by atoms with van der Waals surface area (Å²) in [7, 11) is 0. The largest absolute Gasteiger partial charge is 0.342 e. The van der Waals surface area contributed by atoms with Crippen molar-refractivity contribution in [2.45, 2.75) is 52.1 Å². The van der Waals surface area contributed by atoms with E-state index in [1.54, 1.807) is 6.07 Å². The molecule has 2 aromatic rings. The second kappa shape index (κ2) is 7.52. The summed E-state index contributed by atoms with van der Waals surface area (Å²) in [5.74, 6) is 0.628. The van der Waals surface area contributed by atoms with Gasteiger partial charge in [-0.05, 0) is 38.5 Å². The van der Waals surface area contributed by atoms with Crippen LogP contribution in [-0.2, 0) is 11.2 Å². The Morgan fingerprint density at radius 1 is 1.40 bits per heavy atom. The highest BCUT2D eigenvalue weighted by molar-refractivity contribution is 5.77. The number of halogens is 1. The molecule has 0 aliphatic carbocycles. The molecule has 2 heterocycles. The van der Waals surface area contributed by atoms with E-state index in [4.69, 9.17) is 0 Å². The van der Waals surface area contributed by atoms with Crippen molar-refractivity contribution < 1.29 is 9.18 Å². The number of aromatic nitrogens is 2. The molecule has 1 amide bonds.